The second-order valence-corrected chi connectivity index (χ2v) is 6.59. The van der Waals surface area contributed by atoms with Gasteiger partial charge in [0.05, 0.1) is 16.9 Å². The number of pyridine rings is 1. The standard InChI is InChI=1S/C18H26N4O2/c1-6-12(2)18(5,24)11-20-17(23)15-7-8-16(19-10-15)22-14(4)9-13(3)21-22/h7-10,12,24H,6,11H2,1-5H3,(H,20,23). The Morgan fingerprint density at radius 2 is 2.12 bits per heavy atom. The normalized spacial score (nSPS) is 14.9. The van der Waals surface area contributed by atoms with E-state index in [0.29, 0.717) is 11.4 Å². The number of nitrogens with zero attached hydrogens (tertiary/aromatic N) is 3. The van der Waals surface area contributed by atoms with E-state index in [4.69, 9.17) is 0 Å². The Morgan fingerprint density at radius 1 is 1.42 bits per heavy atom. The molecule has 2 heterocycles. The molecule has 6 nitrogen and oxygen atoms in total. The van der Waals surface area contributed by atoms with E-state index < -0.39 is 5.60 Å². The molecule has 0 aliphatic carbocycles. The lowest BCUT2D eigenvalue weighted by atomic mass is 9.88. The molecule has 2 unspecified atom stereocenters. The first-order valence-corrected chi connectivity index (χ1v) is 8.25. The molecule has 0 aliphatic heterocycles. The van der Waals surface area contributed by atoms with E-state index in [-0.39, 0.29) is 18.4 Å². The number of hydrogen-bond donors (Lipinski definition) is 2. The number of nitrogens with one attached hydrogen (secondary N) is 1. The van der Waals surface area contributed by atoms with Gasteiger partial charge in [-0.15, -0.1) is 0 Å². The zero-order valence-electron chi connectivity index (χ0n) is 15.0. The van der Waals surface area contributed by atoms with Gasteiger partial charge in [-0.05, 0) is 44.9 Å². The summed E-state index contributed by atoms with van der Waals surface area (Å²) >= 11 is 0. The van der Waals surface area contributed by atoms with E-state index in [0.717, 1.165) is 17.8 Å². The molecule has 0 radical (unpaired) electrons. The summed E-state index contributed by atoms with van der Waals surface area (Å²) in [4.78, 5) is 16.6. The number of rotatable bonds is 6. The Hall–Kier alpha value is -2.21. The third-order valence-electron chi connectivity index (χ3n) is 4.52. The van der Waals surface area contributed by atoms with Gasteiger partial charge in [-0.25, -0.2) is 9.67 Å². The van der Waals surface area contributed by atoms with E-state index in [2.05, 4.69) is 15.4 Å². The smallest absolute Gasteiger partial charge is 0.252 e. The second kappa shape index (κ2) is 7.13. The van der Waals surface area contributed by atoms with Gasteiger partial charge in [-0.2, -0.15) is 5.10 Å². The Labute approximate surface area is 142 Å². The zero-order valence-corrected chi connectivity index (χ0v) is 15.0. The molecule has 2 aromatic rings. The highest BCUT2D eigenvalue weighted by atomic mass is 16.3. The average molecular weight is 330 g/mol. The predicted octanol–water partition coefficient (Wildman–Crippen LogP) is 2.41. The molecule has 2 N–H and O–H groups in total. The van der Waals surface area contributed by atoms with E-state index in [1.807, 2.05) is 33.8 Å². The lowest BCUT2D eigenvalue weighted by Crippen LogP contribution is -2.45. The number of hydrogen-bond acceptors (Lipinski definition) is 4. The topological polar surface area (TPSA) is 80.0 Å². The fourth-order valence-corrected chi connectivity index (χ4v) is 2.48. The Balaban J connectivity index is 2.05. The van der Waals surface area contributed by atoms with Crippen molar-refractivity contribution in [3.63, 3.8) is 0 Å². The summed E-state index contributed by atoms with van der Waals surface area (Å²) < 4.78 is 1.74. The van der Waals surface area contributed by atoms with Crippen LogP contribution in [-0.4, -0.2) is 37.9 Å². The van der Waals surface area contributed by atoms with Crippen molar-refractivity contribution < 1.29 is 9.90 Å². The summed E-state index contributed by atoms with van der Waals surface area (Å²) in [6, 6.07) is 5.45. The number of amides is 1. The van der Waals surface area contributed by atoms with Crippen molar-refractivity contribution in [1.82, 2.24) is 20.1 Å². The van der Waals surface area contributed by atoms with Crippen molar-refractivity contribution in [2.24, 2.45) is 5.92 Å². The molecule has 130 valence electrons. The highest BCUT2D eigenvalue weighted by Gasteiger charge is 2.27. The van der Waals surface area contributed by atoms with Crippen LogP contribution in [0.5, 0.6) is 0 Å². The van der Waals surface area contributed by atoms with Crippen molar-refractivity contribution in [1.29, 1.82) is 0 Å². The average Bonchev–Trinajstić information content (AvgIpc) is 2.90. The molecule has 0 fully saturated rings. The van der Waals surface area contributed by atoms with Gasteiger partial charge in [-0.3, -0.25) is 4.79 Å². The van der Waals surface area contributed by atoms with Crippen LogP contribution in [0.2, 0.25) is 0 Å². The third kappa shape index (κ3) is 4.00. The minimum atomic E-state index is -0.929. The largest absolute Gasteiger partial charge is 0.388 e. The molecular weight excluding hydrogens is 304 g/mol. The van der Waals surface area contributed by atoms with Crippen molar-refractivity contribution >= 4 is 5.91 Å². The van der Waals surface area contributed by atoms with Gasteiger partial charge in [0.2, 0.25) is 0 Å². The molecule has 6 heteroatoms. The van der Waals surface area contributed by atoms with E-state index in [1.165, 1.54) is 6.20 Å². The van der Waals surface area contributed by atoms with Crippen LogP contribution in [0.4, 0.5) is 0 Å². The van der Waals surface area contributed by atoms with E-state index in [1.54, 1.807) is 23.7 Å². The molecule has 1 amide bonds. The van der Waals surface area contributed by atoms with Gasteiger partial charge in [-0.1, -0.05) is 20.3 Å². The highest BCUT2D eigenvalue weighted by molar-refractivity contribution is 5.93. The summed E-state index contributed by atoms with van der Waals surface area (Å²) in [5.74, 6) is 0.527. The lowest BCUT2D eigenvalue weighted by Gasteiger charge is -2.29. The maximum absolute atomic E-state index is 12.2. The van der Waals surface area contributed by atoms with Gasteiger partial charge >= 0.3 is 0 Å². The van der Waals surface area contributed by atoms with Crippen LogP contribution in [0.3, 0.4) is 0 Å². The summed E-state index contributed by atoms with van der Waals surface area (Å²) in [7, 11) is 0. The molecule has 2 rings (SSSR count). The number of carbonyl (C=O) groups is 1. The first-order valence-electron chi connectivity index (χ1n) is 8.25. The van der Waals surface area contributed by atoms with Crippen molar-refractivity contribution in [3.8, 4) is 5.82 Å². The molecule has 2 aromatic heterocycles. The molecule has 0 aromatic carbocycles. The Morgan fingerprint density at radius 3 is 2.62 bits per heavy atom. The van der Waals surface area contributed by atoms with Gasteiger partial charge in [0.1, 0.15) is 0 Å². The van der Waals surface area contributed by atoms with Gasteiger partial charge in [0, 0.05) is 18.4 Å². The van der Waals surface area contributed by atoms with Crippen LogP contribution in [-0.2, 0) is 0 Å². The minimum Gasteiger partial charge on any atom is -0.388 e. The molecule has 0 bridgehead atoms. The van der Waals surface area contributed by atoms with Gasteiger partial charge in [0.15, 0.2) is 5.82 Å². The number of aryl methyl sites for hydroxylation is 2. The van der Waals surface area contributed by atoms with Crippen LogP contribution in [0.1, 0.15) is 48.9 Å². The summed E-state index contributed by atoms with van der Waals surface area (Å²) in [6.45, 7) is 9.82. The van der Waals surface area contributed by atoms with Crippen LogP contribution >= 0.6 is 0 Å². The fourth-order valence-electron chi connectivity index (χ4n) is 2.48. The van der Waals surface area contributed by atoms with Crippen LogP contribution in [0.25, 0.3) is 5.82 Å². The SMILES string of the molecule is CCC(C)C(C)(O)CNC(=O)c1ccc(-n2nc(C)cc2C)nc1. The zero-order chi connectivity index (χ0) is 17.9. The fraction of sp³-hybridized carbons (Fsp3) is 0.500. The third-order valence-corrected chi connectivity index (χ3v) is 4.52. The van der Waals surface area contributed by atoms with Crippen molar-refractivity contribution in [2.75, 3.05) is 6.54 Å². The quantitative estimate of drug-likeness (QED) is 0.852. The first kappa shape index (κ1) is 18.1. The first-order chi connectivity index (χ1) is 11.2. The van der Waals surface area contributed by atoms with Crippen LogP contribution in [0, 0.1) is 19.8 Å². The van der Waals surface area contributed by atoms with E-state index >= 15 is 0 Å². The highest BCUT2D eigenvalue weighted by Crippen LogP contribution is 2.19. The second-order valence-electron chi connectivity index (χ2n) is 6.59. The Kier molecular flexibility index (Phi) is 5.39. The van der Waals surface area contributed by atoms with E-state index in [9.17, 15) is 9.90 Å². The lowest BCUT2D eigenvalue weighted by molar-refractivity contribution is 0.00592. The molecule has 2 atom stereocenters. The number of carbonyl (C=O) groups excluding carboxylic acids is 1. The molecule has 24 heavy (non-hydrogen) atoms. The van der Waals surface area contributed by atoms with Gasteiger partial charge in [0.25, 0.3) is 5.91 Å². The monoisotopic (exact) mass is 330 g/mol. The Bertz CT molecular complexity index is 704. The molecule has 0 aliphatic rings. The minimum absolute atomic E-state index is 0.101. The van der Waals surface area contributed by atoms with Crippen LogP contribution in [0.15, 0.2) is 24.4 Å². The van der Waals surface area contributed by atoms with Crippen molar-refractivity contribution in [3.05, 3.63) is 41.3 Å². The maximum atomic E-state index is 12.2. The predicted molar refractivity (Wildman–Crippen MR) is 93.2 cm³/mol. The van der Waals surface area contributed by atoms with Crippen molar-refractivity contribution in [2.45, 2.75) is 46.6 Å². The molecule has 0 saturated carbocycles. The maximum Gasteiger partial charge on any atom is 0.252 e. The molecule has 0 spiro atoms. The molecular formula is C18H26N4O2. The summed E-state index contributed by atoms with van der Waals surface area (Å²) in [6.07, 6.45) is 2.38. The summed E-state index contributed by atoms with van der Waals surface area (Å²) in [5.41, 5.74) is 1.44. The summed E-state index contributed by atoms with van der Waals surface area (Å²) in [5, 5.41) is 17.5. The number of aromatic nitrogens is 3. The molecule has 0 saturated heterocycles. The number of aliphatic hydroxyl groups is 1. The van der Waals surface area contributed by atoms with Gasteiger partial charge < -0.3 is 10.4 Å². The van der Waals surface area contributed by atoms with Crippen LogP contribution < -0.4 is 5.32 Å².